The van der Waals surface area contributed by atoms with E-state index >= 15 is 0 Å². The van der Waals surface area contributed by atoms with Crippen LogP contribution in [0.2, 0.25) is 0 Å². The van der Waals surface area contributed by atoms with Gasteiger partial charge in [0.05, 0.1) is 5.69 Å². The third-order valence-electron chi connectivity index (χ3n) is 18.8. The van der Waals surface area contributed by atoms with Crippen LogP contribution in [0.3, 0.4) is 0 Å². The molecule has 0 saturated heterocycles. The van der Waals surface area contributed by atoms with Crippen LogP contribution < -0.4 is 4.90 Å². The zero-order valence-corrected chi connectivity index (χ0v) is 37.1. The first kappa shape index (κ1) is 36.0. The molecule has 8 aromatic carbocycles. The van der Waals surface area contributed by atoms with Crippen LogP contribution in [0.15, 0.2) is 176 Å². The van der Waals surface area contributed by atoms with Gasteiger partial charge >= 0.3 is 0 Å². The van der Waals surface area contributed by atoms with Crippen LogP contribution >= 0.6 is 0 Å². The molecule has 7 aliphatic rings. The van der Waals surface area contributed by atoms with E-state index < -0.39 is 0 Å². The Morgan fingerprint density at radius 3 is 1.62 bits per heavy atom. The highest BCUT2D eigenvalue weighted by atomic mass is 15.1. The standard InChI is InChI=1S/C63H51N/c1-60(2)51-20-10-6-15-44(51)49-32-38(26-31-52(49)60)37-24-27-41(28-25-37)64(42-29-30-45-43-14-5-9-19-50(43)61(3,4)55(45)36-42)56-23-12-8-16-46(56)47-18-13-22-54-59(47)48-17-7-11-21-53(48)63(54)57-34-39-33-40-35-58(63)62(39,40)57/h5-32,36,39-40,57-58H,33-35H2,1-4H3. The lowest BCUT2D eigenvalue weighted by Crippen LogP contribution is -2.88. The Hall–Kier alpha value is -6.44. The van der Waals surface area contributed by atoms with Gasteiger partial charge in [-0.1, -0.05) is 167 Å². The van der Waals surface area contributed by atoms with Crippen molar-refractivity contribution in [1.29, 1.82) is 0 Å². The van der Waals surface area contributed by atoms with Crippen molar-refractivity contribution in [3.05, 3.63) is 209 Å². The number of benzene rings is 8. The van der Waals surface area contributed by atoms with Gasteiger partial charge in [-0.2, -0.15) is 0 Å². The Balaban J connectivity index is 0.899. The van der Waals surface area contributed by atoms with Crippen molar-refractivity contribution in [1.82, 2.24) is 0 Å². The molecule has 7 aliphatic carbocycles. The van der Waals surface area contributed by atoms with Gasteiger partial charge < -0.3 is 4.90 Å². The second-order valence-electron chi connectivity index (χ2n) is 21.6. The summed E-state index contributed by atoms with van der Waals surface area (Å²) in [4.78, 5) is 2.55. The summed E-state index contributed by atoms with van der Waals surface area (Å²) in [7, 11) is 0. The minimum Gasteiger partial charge on any atom is -0.310 e. The first-order valence-electron chi connectivity index (χ1n) is 24.0. The quantitative estimate of drug-likeness (QED) is 0.167. The topological polar surface area (TPSA) is 3.24 Å². The summed E-state index contributed by atoms with van der Waals surface area (Å²) in [6.07, 6.45) is 4.33. The van der Waals surface area contributed by atoms with Crippen molar-refractivity contribution in [3.8, 4) is 55.6 Å². The minimum absolute atomic E-state index is 0.00724. The second kappa shape index (κ2) is 11.8. The predicted octanol–water partition coefficient (Wildman–Crippen LogP) is 16.0. The molecule has 15 rings (SSSR count). The molecule has 0 N–H and O–H groups in total. The van der Waals surface area contributed by atoms with Gasteiger partial charge in [0.1, 0.15) is 0 Å². The smallest absolute Gasteiger partial charge is 0.0540 e. The summed E-state index contributed by atoms with van der Waals surface area (Å²) in [5.41, 5.74) is 26.6. The molecule has 0 aromatic heterocycles. The molecule has 0 aliphatic heterocycles. The molecule has 1 heteroatoms. The third-order valence-corrected chi connectivity index (χ3v) is 18.8. The van der Waals surface area contributed by atoms with E-state index in [9.17, 15) is 0 Å². The molecular weight excluding hydrogens is 771 g/mol. The number of hydrogen-bond donors (Lipinski definition) is 0. The molecule has 1 nitrogen and oxygen atoms in total. The molecule has 4 unspecified atom stereocenters. The van der Waals surface area contributed by atoms with Crippen molar-refractivity contribution >= 4 is 17.1 Å². The maximum atomic E-state index is 2.55. The summed E-state index contributed by atoms with van der Waals surface area (Å²) in [6, 6.07) is 67.9. The molecule has 4 saturated carbocycles. The van der Waals surface area contributed by atoms with E-state index in [0.29, 0.717) is 5.41 Å². The lowest BCUT2D eigenvalue weighted by Gasteiger charge is -2.92. The molecule has 0 radical (unpaired) electrons. The Bertz CT molecular complexity index is 3340. The average molecular weight is 822 g/mol. The summed E-state index contributed by atoms with van der Waals surface area (Å²) in [5.74, 6) is 3.58. The fourth-order valence-corrected chi connectivity index (χ4v) is 16.1. The largest absolute Gasteiger partial charge is 0.310 e. The van der Waals surface area contributed by atoms with Gasteiger partial charge in [-0.15, -0.1) is 0 Å². The number of para-hydroxylation sites is 1. The van der Waals surface area contributed by atoms with E-state index in [1.807, 2.05) is 0 Å². The molecule has 2 spiro atoms. The summed E-state index contributed by atoms with van der Waals surface area (Å²) < 4.78 is 0. The van der Waals surface area contributed by atoms with Crippen LogP contribution in [-0.2, 0) is 16.2 Å². The molecule has 4 fully saturated rings. The summed E-state index contributed by atoms with van der Waals surface area (Å²) in [5, 5.41) is 0. The van der Waals surface area contributed by atoms with Gasteiger partial charge in [-0.05, 0) is 168 Å². The van der Waals surface area contributed by atoms with Crippen LogP contribution in [0.4, 0.5) is 17.1 Å². The summed E-state index contributed by atoms with van der Waals surface area (Å²) in [6.45, 7) is 9.52. The van der Waals surface area contributed by atoms with E-state index in [1.54, 1.807) is 11.1 Å². The van der Waals surface area contributed by atoms with E-state index in [1.165, 1.54) is 109 Å². The molecule has 4 atom stereocenters. The molecule has 0 bridgehead atoms. The lowest BCUT2D eigenvalue weighted by atomic mass is 9.11. The minimum atomic E-state index is -0.113. The Labute approximate surface area is 377 Å². The zero-order chi connectivity index (χ0) is 42.5. The molecule has 308 valence electrons. The number of nitrogens with zero attached hydrogens (tertiary/aromatic N) is 1. The van der Waals surface area contributed by atoms with Gasteiger partial charge in [0, 0.05) is 33.2 Å². The molecular formula is C63H51N. The highest BCUT2D eigenvalue weighted by Gasteiger charge is 2.90. The monoisotopic (exact) mass is 821 g/mol. The number of anilines is 3. The van der Waals surface area contributed by atoms with E-state index in [0.717, 1.165) is 29.4 Å². The van der Waals surface area contributed by atoms with Crippen molar-refractivity contribution in [2.24, 2.45) is 29.1 Å². The van der Waals surface area contributed by atoms with Crippen LogP contribution in [0, 0.1) is 29.1 Å². The van der Waals surface area contributed by atoms with Crippen LogP contribution in [0.5, 0.6) is 0 Å². The second-order valence-corrected chi connectivity index (χ2v) is 21.6. The van der Waals surface area contributed by atoms with E-state index in [-0.39, 0.29) is 16.2 Å². The third kappa shape index (κ3) is 3.99. The Morgan fingerprint density at radius 2 is 0.906 bits per heavy atom. The number of rotatable bonds is 5. The lowest BCUT2D eigenvalue weighted by molar-refractivity contribution is -0.412. The Morgan fingerprint density at radius 1 is 0.375 bits per heavy atom. The van der Waals surface area contributed by atoms with Gasteiger partial charge in [-0.25, -0.2) is 0 Å². The predicted molar refractivity (Wildman–Crippen MR) is 264 cm³/mol. The maximum Gasteiger partial charge on any atom is 0.0540 e. The fourth-order valence-electron chi connectivity index (χ4n) is 16.1. The van der Waals surface area contributed by atoms with Crippen molar-refractivity contribution in [2.45, 2.75) is 63.2 Å². The Kier molecular flexibility index (Phi) is 6.64. The highest BCUT2D eigenvalue weighted by Crippen LogP contribution is 2.95. The average Bonchev–Trinajstić information content (AvgIpc) is 3.83. The van der Waals surface area contributed by atoms with Crippen molar-refractivity contribution in [3.63, 3.8) is 0 Å². The van der Waals surface area contributed by atoms with Gasteiger partial charge in [-0.3, -0.25) is 0 Å². The van der Waals surface area contributed by atoms with Gasteiger partial charge in [0.25, 0.3) is 0 Å². The van der Waals surface area contributed by atoms with Gasteiger partial charge in [0.2, 0.25) is 0 Å². The van der Waals surface area contributed by atoms with Crippen molar-refractivity contribution in [2.75, 3.05) is 4.90 Å². The van der Waals surface area contributed by atoms with E-state index in [2.05, 4.69) is 209 Å². The van der Waals surface area contributed by atoms with Crippen LogP contribution in [0.1, 0.15) is 80.3 Å². The zero-order valence-electron chi connectivity index (χ0n) is 37.1. The summed E-state index contributed by atoms with van der Waals surface area (Å²) >= 11 is 0. The maximum absolute atomic E-state index is 2.55. The van der Waals surface area contributed by atoms with Gasteiger partial charge in [0.15, 0.2) is 0 Å². The molecule has 8 aromatic rings. The fraction of sp³-hybridized carbons (Fsp3) is 0.238. The van der Waals surface area contributed by atoms with E-state index in [4.69, 9.17) is 0 Å². The SMILES string of the molecule is CC1(C)c2ccccc2-c2cc(-c3ccc(N(c4ccc5c(c4)C(C)(C)c4ccccc4-5)c4ccccc4-c4cccc5c4-c4ccccc4C54C5CC6CC7CC4C675)cc3)ccc21. The highest BCUT2D eigenvalue weighted by molar-refractivity contribution is 5.99. The van der Waals surface area contributed by atoms with Crippen molar-refractivity contribution < 1.29 is 0 Å². The number of fused-ring (bicyclic) bond motifs is 13. The molecule has 64 heavy (non-hydrogen) atoms. The first-order chi connectivity index (χ1) is 31.2. The molecule has 0 amide bonds. The molecule has 0 heterocycles. The normalized spacial score (nSPS) is 26.3. The van der Waals surface area contributed by atoms with Crippen LogP contribution in [0.25, 0.3) is 55.6 Å². The first-order valence-corrected chi connectivity index (χ1v) is 24.0. The van der Waals surface area contributed by atoms with Crippen LogP contribution in [-0.4, -0.2) is 0 Å². The number of hydrogen-bond acceptors (Lipinski definition) is 1.